The second-order valence-corrected chi connectivity index (χ2v) is 3.56. The minimum atomic E-state index is -0.258. The Bertz CT molecular complexity index is 307. The molecule has 1 aromatic rings. The molecular formula is C10H14N2. The van der Waals surface area contributed by atoms with E-state index in [1.54, 1.807) is 0 Å². The summed E-state index contributed by atoms with van der Waals surface area (Å²) >= 11 is 0. The molecule has 0 unspecified atom stereocenters. The maximum Gasteiger partial charge on any atom is 0.0802 e. The lowest BCUT2D eigenvalue weighted by atomic mass is 9.91. The molecule has 2 nitrogen and oxygen atoms in total. The van der Waals surface area contributed by atoms with Crippen LogP contribution >= 0.6 is 0 Å². The van der Waals surface area contributed by atoms with E-state index < -0.39 is 0 Å². The van der Waals surface area contributed by atoms with Crippen LogP contribution in [0.25, 0.3) is 0 Å². The Hall–Kier alpha value is -1.23. The molecule has 0 aliphatic rings. The molecule has 0 fully saturated rings. The van der Waals surface area contributed by atoms with E-state index in [-0.39, 0.29) is 5.41 Å². The number of rotatable bonds is 1. The molecule has 64 valence electrons. The van der Waals surface area contributed by atoms with Crippen molar-refractivity contribution < 1.29 is 0 Å². The van der Waals surface area contributed by atoms with E-state index in [1.165, 1.54) is 0 Å². The van der Waals surface area contributed by atoms with E-state index in [2.05, 4.69) is 11.0 Å². The number of aromatic nitrogens is 2. The molecule has 0 atom stereocenters. The van der Waals surface area contributed by atoms with Gasteiger partial charge in [0, 0.05) is 12.7 Å². The van der Waals surface area contributed by atoms with E-state index in [9.17, 15) is 0 Å². The number of hydrogen-bond acceptors (Lipinski definition) is 1. The summed E-state index contributed by atoms with van der Waals surface area (Å²) in [6.07, 6.45) is 5.40. The van der Waals surface area contributed by atoms with Crippen molar-refractivity contribution >= 4 is 0 Å². The van der Waals surface area contributed by atoms with Crippen LogP contribution in [-0.4, -0.2) is 9.78 Å². The summed E-state index contributed by atoms with van der Waals surface area (Å²) in [5.41, 5.74) is 1.84. The molecule has 0 radical (unpaired) electrons. The summed E-state index contributed by atoms with van der Waals surface area (Å²) in [6, 6.07) is 2.03. The van der Waals surface area contributed by atoms with Gasteiger partial charge in [0.1, 0.15) is 0 Å². The largest absolute Gasteiger partial charge is 0.273 e. The van der Waals surface area contributed by atoms with Crippen LogP contribution in [0.15, 0.2) is 6.07 Å². The quantitative estimate of drug-likeness (QED) is 0.574. The van der Waals surface area contributed by atoms with Crippen molar-refractivity contribution in [2.24, 2.45) is 7.05 Å². The standard InChI is InChI=1S/C10H14N2/c1-6-10(3,4)9-7-8(2)12(5)11-9/h1,7H,2-5H3. The topological polar surface area (TPSA) is 17.8 Å². The molecular weight excluding hydrogens is 148 g/mol. The van der Waals surface area contributed by atoms with Crippen molar-refractivity contribution in [2.75, 3.05) is 0 Å². The SMILES string of the molecule is C#CC(C)(C)c1cc(C)n(C)n1. The lowest BCUT2D eigenvalue weighted by Gasteiger charge is -2.12. The average Bonchev–Trinajstić information content (AvgIpc) is 2.33. The van der Waals surface area contributed by atoms with Crippen LogP contribution in [-0.2, 0) is 12.5 Å². The highest BCUT2D eigenvalue weighted by molar-refractivity contribution is 5.26. The lowest BCUT2D eigenvalue weighted by Crippen LogP contribution is -2.14. The zero-order chi connectivity index (χ0) is 9.35. The molecule has 0 saturated carbocycles. The number of nitrogens with zero attached hydrogens (tertiary/aromatic N) is 2. The molecule has 1 heterocycles. The van der Waals surface area contributed by atoms with Crippen LogP contribution in [0.1, 0.15) is 25.2 Å². The van der Waals surface area contributed by atoms with Gasteiger partial charge in [-0.2, -0.15) is 5.10 Å². The Balaban J connectivity index is 3.14. The zero-order valence-corrected chi connectivity index (χ0v) is 8.05. The van der Waals surface area contributed by atoms with E-state index in [0.29, 0.717) is 0 Å². The molecule has 0 N–H and O–H groups in total. The molecule has 1 aromatic heterocycles. The smallest absolute Gasteiger partial charge is 0.0802 e. The minimum Gasteiger partial charge on any atom is -0.273 e. The highest BCUT2D eigenvalue weighted by Gasteiger charge is 2.20. The lowest BCUT2D eigenvalue weighted by molar-refractivity contribution is 0.631. The van der Waals surface area contributed by atoms with Gasteiger partial charge >= 0.3 is 0 Å². The van der Waals surface area contributed by atoms with E-state index >= 15 is 0 Å². The Labute approximate surface area is 73.6 Å². The third-order valence-electron chi connectivity index (χ3n) is 2.11. The van der Waals surface area contributed by atoms with Gasteiger partial charge in [-0.15, -0.1) is 6.42 Å². The fourth-order valence-electron chi connectivity index (χ4n) is 0.940. The fourth-order valence-corrected chi connectivity index (χ4v) is 0.940. The second kappa shape index (κ2) is 2.67. The van der Waals surface area contributed by atoms with Gasteiger partial charge in [-0.25, -0.2) is 0 Å². The average molecular weight is 162 g/mol. The summed E-state index contributed by atoms with van der Waals surface area (Å²) in [7, 11) is 1.92. The predicted octanol–water partition coefficient (Wildman–Crippen LogP) is 1.64. The van der Waals surface area contributed by atoms with Crippen molar-refractivity contribution in [1.82, 2.24) is 9.78 Å². The maximum absolute atomic E-state index is 5.40. The molecule has 0 spiro atoms. The molecule has 0 saturated heterocycles. The summed E-state index contributed by atoms with van der Waals surface area (Å²) in [6.45, 7) is 6.01. The normalized spacial score (nSPS) is 11.2. The third-order valence-corrected chi connectivity index (χ3v) is 2.11. The van der Waals surface area contributed by atoms with Gasteiger partial charge in [-0.3, -0.25) is 4.68 Å². The maximum atomic E-state index is 5.40. The van der Waals surface area contributed by atoms with Gasteiger partial charge in [0.2, 0.25) is 0 Å². The molecule has 0 amide bonds. The first-order valence-corrected chi connectivity index (χ1v) is 3.96. The fraction of sp³-hybridized carbons (Fsp3) is 0.500. The Morgan fingerprint density at radius 2 is 2.17 bits per heavy atom. The van der Waals surface area contributed by atoms with Gasteiger partial charge in [-0.1, -0.05) is 5.92 Å². The molecule has 1 rings (SSSR count). The summed E-state index contributed by atoms with van der Waals surface area (Å²) in [4.78, 5) is 0. The summed E-state index contributed by atoms with van der Waals surface area (Å²) in [5.74, 6) is 2.72. The van der Waals surface area contributed by atoms with E-state index in [0.717, 1.165) is 11.4 Å². The second-order valence-electron chi connectivity index (χ2n) is 3.56. The predicted molar refractivity (Wildman–Crippen MR) is 49.8 cm³/mol. The van der Waals surface area contributed by atoms with Crippen LogP contribution in [0.4, 0.5) is 0 Å². The van der Waals surface area contributed by atoms with Crippen LogP contribution in [0.3, 0.4) is 0 Å². The Kier molecular flexibility index (Phi) is 1.97. The van der Waals surface area contributed by atoms with Crippen LogP contribution in [0.2, 0.25) is 0 Å². The molecule has 0 bridgehead atoms. The Morgan fingerprint density at radius 3 is 2.50 bits per heavy atom. The minimum absolute atomic E-state index is 0.258. The van der Waals surface area contributed by atoms with E-state index in [4.69, 9.17) is 6.42 Å². The van der Waals surface area contributed by atoms with Gasteiger partial charge < -0.3 is 0 Å². The number of aryl methyl sites for hydroxylation is 2. The molecule has 0 aliphatic carbocycles. The first-order chi connectivity index (χ1) is 5.47. The summed E-state index contributed by atoms with van der Waals surface area (Å²) < 4.78 is 1.84. The molecule has 0 aromatic carbocycles. The zero-order valence-electron chi connectivity index (χ0n) is 8.05. The van der Waals surface area contributed by atoms with Crippen LogP contribution in [0.5, 0.6) is 0 Å². The van der Waals surface area contributed by atoms with Crippen molar-refractivity contribution in [1.29, 1.82) is 0 Å². The Morgan fingerprint density at radius 1 is 1.58 bits per heavy atom. The van der Waals surface area contributed by atoms with Gasteiger partial charge in [0.15, 0.2) is 0 Å². The monoisotopic (exact) mass is 162 g/mol. The summed E-state index contributed by atoms with van der Waals surface area (Å²) in [5, 5.41) is 4.33. The van der Waals surface area contributed by atoms with Crippen molar-refractivity contribution in [3.05, 3.63) is 17.5 Å². The van der Waals surface area contributed by atoms with Gasteiger partial charge in [0.25, 0.3) is 0 Å². The van der Waals surface area contributed by atoms with Gasteiger partial charge in [0.05, 0.1) is 11.1 Å². The van der Waals surface area contributed by atoms with Crippen molar-refractivity contribution in [3.63, 3.8) is 0 Å². The first-order valence-electron chi connectivity index (χ1n) is 3.96. The number of terminal acetylenes is 1. The molecule has 0 aliphatic heterocycles. The third kappa shape index (κ3) is 1.35. The first kappa shape index (κ1) is 8.86. The highest BCUT2D eigenvalue weighted by Crippen LogP contribution is 2.20. The van der Waals surface area contributed by atoms with E-state index in [1.807, 2.05) is 38.6 Å². The highest BCUT2D eigenvalue weighted by atomic mass is 15.3. The molecule has 12 heavy (non-hydrogen) atoms. The van der Waals surface area contributed by atoms with Crippen LogP contribution < -0.4 is 0 Å². The number of hydrogen-bond donors (Lipinski definition) is 0. The van der Waals surface area contributed by atoms with Crippen LogP contribution in [0, 0.1) is 19.3 Å². The van der Waals surface area contributed by atoms with Gasteiger partial charge in [-0.05, 0) is 26.8 Å². The molecule has 2 heteroatoms. The van der Waals surface area contributed by atoms with Crippen molar-refractivity contribution in [2.45, 2.75) is 26.2 Å². The van der Waals surface area contributed by atoms with Crippen molar-refractivity contribution in [3.8, 4) is 12.3 Å².